The van der Waals surface area contributed by atoms with E-state index in [9.17, 15) is 8.42 Å². The van der Waals surface area contributed by atoms with Crippen LogP contribution >= 0.6 is 0 Å². The highest BCUT2D eigenvalue weighted by Gasteiger charge is 2.38. The molecule has 1 aliphatic rings. The average molecular weight is 345 g/mol. The summed E-state index contributed by atoms with van der Waals surface area (Å²) in [6.07, 6.45) is 2.20. The molecule has 0 saturated heterocycles. The molecule has 0 spiro atoms. The summed E-state index contributed by atoms with van der Waals surface area (Å²) >= 11 is 0. The Kier molecular flexibility index (Phi) is 4.92. The molecule has 1 saturated carbocycles. The molecule has 24 heavy (non-hydrogen) atoms. The highest BCUT2D eigenvalue weighted by molar-refractivity contribution is 7.89. The van der Waals surface area contributed by atoms with E-state index in [4.69, 9.17) is 4.74 Å². The van der Waals surface area contributed by atoms with E-state index in [-0.39, 0.29) is 6.04 Å². The van der Waals surface area contributed by atoms with Crippen LogP contribution in [0.5, 0.6) is 5.75 Å². The van der Waals surface area contributed by atoms with Crippen LogP contribution in [0.4, 0.5) is 0 Å². The van der Waals surface area contributed by atoms with Gasteiger partial charge in [-0.25, -0.2) is 8.42 Å². The molecule has 0 unspecified atom stereocenters. The number of hydrogen-bond donors (Lipinski definition) is 0. The van der Waals surface area contributed by atoms with Gasteiger partial charge in [0.1, 0.15) is 5.75 Å². The number of sulfonamides is 1. The predicted octanol–water partition coefficient (Wildman–Crippen LogP) is 3.68. The van der Waals surface area contributed by atoms with E-state index in [2.05, 4.69) is 0 Å². The van der Waals surface area contributed by atoms with Crippen molar-refractivity contribution < 1.29 is 13.2 Å². The molecule has 2 aromatic rings. The maximum atomic E-state index is 13.2. The monoisotopic (exact) mass is 345 g/mol. The van der Waals surface area contributed by atoms with Gasteiger partial charge in [-0.2, -0.15) is 4.31 Å². The first-order chi connectivity index (χ1) is 11.5. The summed E-state index contributed by atoms with van der Waals surface area (Å²) in [5.74, 6) is 1.11. The van der Waals surface area contributed by atoms with Crippen LogP contribution in [0.1, 0.15) is 25.3 Å². The fourth-order valence-electron chi connectivity index (χ4n) is 2.91. The van der Waals surface area contributed by atoms with Crippen LogP contribution in [0, 0.1) is 5.92 Å². The number of rotatable bonds is 7. The molecule has 3 rings (SSSR count). The lowest BCUT2D eigenvalue weighted by atomic mass is 10.2. The summed E-state index contributed by atoms with van der Waals surface area (Å²) < 4.78 is 33.2. The van der Waals surface area contributed by atoms with Crippen LogP contribution in [-0.2, 0) is 16.6 Å². The molecule has 0 heterocycles. The zero-order valence-electron chi connectivity index (χ0n) is 14.1. The first-order valence-electron chi connectivity index (χ1n) is 8.22. The lowest BCUT2D eigenvalue weighted by Crippen LogP contribution is -2.39. The number of hydrogen-bond acceptors (Lipinski definition) is 3. The van der Waals surface area contributed by atoms with Crippen LogP contribution in [0.3, 0.4) is 0 Å². The Morgan fingerprint density at radius 3 is 2.25 bits per heavy atom. The minimum Gasteiger partial charge on any atom is -0.497 e. The van der Waals surface area contributed by atoms with Crippen molar-refractivity contribution in [3.05, 3.63) is 60.2 Å². The third-order valence-electron chi connectivity index (χ3n) is 4.61. The smallest absolute Gasteiger partial charge is 0.243 e. The van der Waals surface area contributed by atoms with Gasteiger partial charge in [0.2, 0.25) is 10.0 Å². The summed E-state index contributed by atoms with van der Waals surface area (Å²) in [4.78, 5) is 0.312. The molecule has 0 radical (unpaired) electrons. The lowest BCUT2D eigenvalue weighted by molar-refractivity contribution is 0.303. The minimum absolute atomic E-state index is 0.00249. The average Bonchev–Trinajstić information content (AvgIpc) is 3.45. The van der Waals surface area contributed by atoms with Crippen molar-refractivity contribution in [2.24, 2.45) is 5.92 Å². The maximum Gasteiger partial charge on any atom is 0.243 e. The largest absolute Gasteiger partial charge is 0.497 e. The summed E-state index contributed by atoms with van der Waals surface area (Å²) in [5, 5.41) is 0. The summed E-state index contributed by atoms with van der Waals surface area (Å²) in [5.41, 5.74) is 1.00. The second-order valence-electron chi connectivity index (χ2n) is 6.29. The van der Waals surface area contributed by atoms with Gasteiger partial charge in [0, 0.05) is 12.6 Å². The standard InChI is InChI=1S/C19H23NO3S/c1-15(17-8-9-17)20(14-16-6-4-3-5-7-16)24(21,22)19-12-10-18(23-2)11-13-19/h3-7,10-13,15,17H,8-9,14H2,1-2H3/t15-/m1/s1. The first-order valence-corrected chi connectivity index (χ1v) is 9.66. The van der Waals surface area contributed by atoms with E-state index in [1.54, 1.807) is 35.7 Å². The van der Waals surface area contributed by atoms with Gasteiger partial charge in [-0.15, -0.1) is 0 Å². The molecular formula is C19H23NO3S. The summed E-state index contributed by atoms with van der Waals surface area (Å²) in [6.45, 7) is 2.41. The van der Waals surface area contributed by atoms with Crippen LogP contribution in [0.2, 0.25) is 0 Å². The number of benzene rings is 2. The van der Waals surface area contributed by atoms with Crippen molar-refractivity contribution in [2.45, 2.75) is 37.2 Å². The van der Waals surface area contributed by atoms with Crippen LogP contribution in [-0.4, -0.2) is 25.9 Å². The van der Waals surface area contributed by atoms with Crippen LogP contribution in [0.15, 0.2) is 59.5 Å². The van der Waals surface area contributed by atoms with Gasteiger partial charge in [0.15, 0.2) is 0 Å². The van der Waals surface area contributed by atoms with Gasteiger partial charge in [-0.05, 0) is 55.5 Å². The Bertz CT molecular complexity index is 768. The predicted molar refractivity (Wildman–Crippen MR) is 94.4 cm³/mol. The summed E-state index contributed by atoms with van der Waals surface area (Å²) in [6, 6.07) is 16.4. The fourth-order valence-corrected chi connectivity index (χ4v) is 4.59. The molecule has 2 aromatic carbocycles. The van der Waals surface area contributed by atoms with Crippen molar-refractivity contribution in [3.8, 4) is 5.75 Å². The zero-order valence-corrected chi connectivity index (χ0v) is 14.9. The molecular weight excluding hydrogens is 322 g/mol. The van der Waals surface area contributed by atoms with Crippen molar-refractivity contribution in [3.63, 3.8) is 0 Å². The van der Waals surface area contributed by atoms with Crippen molar-refractivity contribution in [2.75, 3.05) is 7.11 Å². The Labute approximate surface area is 144 Å². The van der Waals surface area contributed by atoms with Crippen LogP contribution < -0.4 is 4.74 Å². The number of methoxy groups -OCH3 is 1. The third kappa shape index (κ3) is 3.62. The molecule has 0 N–H and O–H groups in total. The lowest BCUT2D eigenvalue weighted by Gasteiger charge is -2.28. The van der Waals surface area contributed by atoms with E-state index >= 15 is 0 Å². The van der Waals surface area contributed by atoms with Crippen molar-refractivity contribution >= 4 is 10.0 Å². The molecule has 0 aromatic heterocycles. The minimum atomic E-state index is -3.55. The Morgan fingerprint density at radius 2 is 1.71 bits per heavy atom. The van der Waals surface area contributed by atoms with Gasteiger partial charge in [0.05, 0.1) is 12.0 Å². The van der Waals surface area contributed by atoms with E-state index in [0.717, 1.165) is 18.4 Å². The van der Waals surface area contributed by atoms with Crippen LogP contribution in [0.25, 0.3) is 0 Å². The number of ether oxygens (including phenoxy) is 1. The topological polar surface area (TPSA) is 46.6 Å². The van der Waals surface area contributed by atoms with E-state index in [0.29, 0.717) is 23.1 Å². The fraction of sp³-hybridized carbons (Fsp3) is 0.368. The molecule has 1 atom stereocenters. The van der Waals surface area contributed by atoms with Gasteiger partial charge >= 0.3 is 0 Å². The second kappa shape index (κ2) is 6.95. The second-order valence-corrected chi connectivity index (χ2v) is 8.18. The number of nitrogens with zero attached hydrogens (tertiary/aromatic N) is 1. The molecule has 0 bridgehead atoms. The normalized spacial score (nSPS) is 16.1. The molecule has 0 aliphatic heterocycles. The molecule has 0 amide bonds. The molecule has 4 nitrogen and oxygen atoms in total. The van der Waals surface area contributed by atoms with Crippen molar-refractivity contribution in [1.29, 1.82) is 0 Å². The van der Waals surface area contributed by atoms with Gasteiger partial charge in [-0.1, -0.05) is 30.3 Å². The maximum absolute atomic E-state index is 13.2. The highest BCUT2D eigenvalue weighted by atomic mass is 32.2. The summed E-state index contributed by atoms with van der Waals surface area (Å²) in [7, 11) is -1.98. The van der Waals surface area contributed by atoms with E-state index < -0.39 is 10.0 Å². The van der Waals surface area contributed by atoms with Crippen molar-refractivity contribution in [1.82, 2.24) is 4.31 Å². The zero-order chi connectivity index (χ0) is 17.2. The molecule has 1 fully saturated rings. The Morgan fingerprint density at radius 1 is 1.08 bits per heavy atom. The quantitative estimate of drug-likeness (QED) is 0.769. The molecule has 5 heteroatoms. The first kappa shape index (κ1) is 17.0. The van der Waals surface area contributed by atoms with E-state index in [1.165, 1.54) is 0 Å². The Hall–Kier alpha value is -1.85. The third-order valence-corrected chi connectivity index (χ3v) is 6.55. The SMILES string of the molecule is COc1ccc(S(=O)(=O)N(Cc2ccccc2)[C@H](C)C2CC2)cc1. The van der Waals surface area contributed by atoms with Gasteiger partial charge < -0.3 is 4.74 Å². The molecule has 1 aliphatic carbocycles. The van der Waals surface area contributed by atoms with Gasteiger partial charge in [0.25, 0.3) is 0 Å². The Balaban J connectivity index is 1.93. The van der Waals surface area contributed by atoms with Gasteiger partial charge in [-0.3, -0.25) is 0 Å². The highest BCUT2D eigenvalue weighted by Crippen LogP contribution is 2.38. The molecule has 128 valence electrons. The van der Waals surface area contributed by atoms with E-state index in [1.807, 2.05) is 37.3 Å².